The fourth-order valence-electron chi connectivity index (χ4n) is 3.44. The van der Waals surface area contributed by atoms with Crippen molar-refractivity contribution in [2.75, 3.05) is 32.8 Å². The lowest BCUT2D eigenvalue weighted by molar-refractivity contribution is 0.0362. The summed E-state index contributed by atoms with van der Waals surface area (Å²) in [5, 5.41) is 9.35. The number of hydrogen-bond acceptors (Lipinski definition) is 6. The summed E-state index contributed by atoms with van der Waals surface area (Å²) in [6.07, 6.45) is 0. The molecule has 1 saturated heterocycles. The van der Waals surface area contributed by atoms with E-state index in [9.17, 15) is 4.79 Å². The van der Waals surface area contributed by atoms with Gasteiger partial charge in [-0.25, -0.2) is 4.98 Å². The molecule has 4 rings (SSSR count). The molecule has 0 unspecified atom stereocenters. The molecule has 0 saturated carbocycles. The van der Waals surface area contributed by atoms with E-state index >= 15 is 0 Å². The van der Waals surface area contributed by atoms with Crippen LogP contribution in [-0.2, 0) is 11.3 Å². The second-order valence-corrected chi connectivity index (χ2v) is 6.92. The molecule has 1 aliphatic heterocycles. The summed E-state index contributed by atoms with van der Waals surface area (Å²) in [6.45, 7) is 10.7. The summed E-state index contributed by atoms with van der Waals surface area (Å²) in [5.74, 6) is 0.711. The van der Waals surface area contributed by atoms with Crippen molar-refractivity contribution in [3.05, 3.63) is 39.4 Å². The van der Waals surface area contributed by atoms with E-state index in [-0.39, 0.29) is 5.56 Å². The average molecular weight is 353 g/mol. The SMILES string of the molecule is Cc1cc2nnc3c(=O)n(CCN4CCOCC4)c(C)nc3c2cc1C. The van der Waals surface area contributed by atoms with Crippen LogP contribution in [0.15, 0.2) is 16.9 Å². The van der Waals surface area contributed by atoms with Gasteiger partial charge in [-0.3, -0.25) is 14.3 Å². The molecule has 26 heavy (non-hydrogen) atoms. The molecule has 0 atom stereocenters. The predicted molar refractivity (Wildman–Crippen MR) is 101 cm³/mol. The second kappa shape index (κ2) is 6.74. The Hall–Kier alpha value is -2.38. The summed E-state index contributed by atoms with van der Waals surface area (Å²) < 4.78 is 7.08. The van der Waals surface area contributed by atoms with Crippen molar-refractivity contribution < 1.29 is 4.74 Å². The van der Waals surface area contributed by atoms with Gasteiger partial charge < -0.3 is 4.74 Å². The van der Waals surface area contributed by atoms with Crippen LogP contribution in [-0.4, -0.2) is 57.5 Å². The van der Waals surface area contributed by atoms with E-state index in [1.807, 2.05) is 26.0 Å². The van der Waals surface area contributed by atoms with Crippen LogP contribution in [0.25, 0.3) is 21.9 Å². The molecule has 136 valence electrons. The molecule has 3 aromatic rings. The molecule has 0 amide bonds. The van der Waals surface area contributed by atoms with Crippen LogP contribution in [0.1, 0.15) is 17.0 Å². The van der Waals surface area contributed by atoms with Gasteiger partial charge in [0.2, 0.25) is 0 Å². The van der Waals surface area contributed by atoms with Crippen molar-refractivity contribution >= 4 is 21.9 Å². The third kappa shape index (κ3) is 2.97. The van der Waals surface area contributed by atoms with E-state index < -0.39 is 0 Å². The zero-order chi connectivity index (χ0) is 18.3. The minimum Gasteiger partial charge on any atom is -0.379 e. The quantitative estimate of drug-likeness (QED) is 0.666. The zero-order valence-corrected chi connectivity index (χ0v) is 15.4. The highest BCUT2D eigenvalue weighted by Gasteiger charge is 2.16. The lowest BCUT2D eigenvalue weighted by Gasteiger charge is -2.26. The van der Waals surface area contributed by atoms with Crippen LogP contribution in [0, 0.1) is 20.8 Å². The predicted octanol–water partition coefficient (Wildman–Crippen LogP) is 1.60. The Morgan fingerprint density at radius 3 is 2.50 bits per heavy atom. The summed E-state index contributed by atoms with van der Waals surface area (Å²) in [4.78, 5) is 20.0. The Balaban J connectivity index is 1.77. The molecule has 7 heteroatoms. The molecule has 1 fully saturated rings. The van der Waals surface area contributed by atoms with Gasteiger partial charge in [0.25, 0.3) is 5.56 Å². The molecule has 0 radical (unpaired) electrons. The number of hydrogen-bond donors (Lipinski definition) is 0. The number of morpholine rings is 1. The van der Waals surface area contributed by atoms with E-state index in [1.54, 1.807) is 4.57 Å². The van der Waals surface area contributed by atoms with Gasteiger partial charge in [-0.1, -0.05) is 0 Å². The van der Waals surface area contributed by atoms with Crippen molar-refractivity contribution in [1.82, 2.24) is 24.6 Å². The first-order valence-electron chi connectivity index (χ1n) is 8.99. The van der Waals surface area contributed by atoms with Gasteiger partial charge in [0.15, 0.2) is 5.52 Å². The molecule has 2 aromatic heterocycles. The number of ether oxygens (including phenoxy) is 1. The maximum atomic E-state index is 13.0. The number of fused-ring (bicyclic) bond motifs is 3. The number of nitrogens with zero attached hydrogens (tertiary/aromatic N) is 5. The molecule has 7 nitrogen and oxygen atoms in total. The minimum atomic E-state index is -0.117. The fourth-order valence-corrected chi connectivity index (χ4v) is 3.44. The van der Waals surface area contributed by atoms with Crippen molar-refractivity contribution in [3.8, 4) is 0 Å². The smallest absolute Gasteiger partial charge is 0.282 e. The molecular weight excluding hydrogens is 330 g/mol. The van der Waals surface area contributed by atoms with Crippen LogP contribution in [0.4, 0.5) is 0 Å². The van der Waals surface area contributed by atoms with Gasteiger partial charge in [0.05, 0.1) is 18.7 Å². The maximum absolute atomic E-state index is 13.0. The van der Waals surface area contributed by atoms with Gasteiger partial charge in [-0.05, 0) is 44.0 Å². The summed E-state index contributed by atoms with van der Waals surface area (Å²) in [5.41, 5.74) is 3.95. The summed E-state index contributed by atoms with van der Waals surface area (Å²) >= 11 is 0. The third-order valence-corrected chi connectivity index (χ3v) is 5.20. The minimum absolute atomic E-state index is 0.117. The van der Waals surface area contributed by atoms with Crippen molar-refractivity contribution in [3.63, 3.8) is 0 Å². The first-order chi connectivity index (χ1) is 12.5. The fraction of sp³-hybridized carbons (Fsp3) is 0.474. The van der Waals surface area contributed by atoms with Crippen LogP contribution >= 0.6 is 0 Å². The van der Waals surface area contributed by atoms with E-state index in [2.05, 4.69) is 22.0 Å². The van der Waals surface area contributed by atoms with Crippen LogP contribution in [0.5, 0.6) is 0 Å². The topological polar surface area (TPSA) is 73.1 Å². The first-order valence-corrected chi connectivity index (χ1v) is 8.99. The Morgan fingerprint density at radius 1 is 1.00 bits per heavy atom. The van der Waals surface area contributed by atoms with E-state index in [1.165, 1.54) is 0 Å². The van der Waals surface area contributed by atoms with Gasteiger partial charge >= 0.3 is 0 Å². The van der Waals surface area contributed by atoms with Crippen molar-refractivity contribution in [1.29, 1.82) is 0 Å². The molecule has 1 aromatic carbocycles. The van der Waals surface area contributed by atoms with Crippen LogP contribution < -0.4 is 5.56 Å². The van der Waals surface area contributed by atoms with E-state index in [4.69, 9.17) is 9.72 Å². The molecule has 1 aliphatic rings. The van der Waals surface area contributed by atoms with Crippen LogP contribution in [0.2, 0.25) is 0 Å². The molecule has 0 aliphatic carbocycles. The Labute approximate surface area is 151 Å². The Morgan fingerprint density at radius 2 is 1.73 bits per heavy atom. The lowest BCUT2D eigenvalue weighted by atomic mass is 10.1. The number of aryl methyl sites for hydroxylation is 3. The molecule has 0 bridgehead atoms. The normalized spacial score (nSPS) is 15.8. The maximum Gasteiger partial charge on any atom is 0.282 e. The highest BCUT2D eigenvalue weighted by Crippen LogP contribution is 2.22. The van der Waals surface area contributed by atoms with Gasteiger partial charge in [-0.15, -0.1) is 10.2 Å². The first kappa shape index (κ1) is 17.1. The van der Waals surface area contributed by atoms with E-state index in [0.29, 0.717) is 23.4 Å². The van der Waals surface area contributed by atoms with Gasteiger partial charge in [-0.2, -0.15) is 0 Å². The summed E-state index contributed by atoms with van der Waals surface area (Å²) in [7, 11) is 0. The zero-order valence-electron chi connectivity index (χ0n) is 15.4. The Kier molecular flexibility index (Phi) is 4.42. The van der Waals surface area contributed by atoms with Crippen molar-refractivity contribution in [2.24, 2.45) is 0 Å². The highest BCUT2D eigenvalue weighted by atomic mass is 16.5. The number of rotatable bonds is 3. The standard InChI is InChI=1S/C19H23N5O2/c1-12-10-15-16(11-13(12)2)21-22-18-17(15)20-14(3)24(19(18)25)5-4-23-6-8-26-9-7-23/h10-11H,4-9H2,1-3H3. The average Bonchev–Trinajstić information content (AvgIpc) is 2.63. The van der Waals surface area contributed by atoms with Crippen molar-refractivity contribution in [2.45, 2.75) is 27.3 Å². The molecule has 0 N–H and O–H groups in total. The second-order valence-electron chi connectivity index (χ2n) is 6.92. The lowest BCUT2D eigenvalue weighted by Crippen LogP contribution is -2.39. The van der Waals surface area contributed by atoms with Crippen LogP contribution in [0.3, 0.4) is 0 Å². The van der Waals surface area contributed by atoms with Gasteiger partial charge in [0, 0.05) is 31.6 Å². The Bertz CT molecular complexity index is 1040. The molecule has 0 spiro atoms. The summed E-state index contributed by atoms with van der Waals surface area (Å²) in [6, 6.07) is 4.05. The molecule has 3 heterocycles. The monoisotopic (exact) mass is 353 g/mol. The highest BCUT2D eigenvalue weighted by molar-refractivity contribution is 6.01. The largest absolute Gasteiger partial charge is 0.379 e. The molecular formula is C19H23N5O2. The number of aromatic nitrogens is 4. The van der Waals surface area contributed by atoms with E-state index in [0.717, 1.165) is 54.9 Å². The number of benzene rings is 1. The third-order valence-electron chi connectivity index (χ3n) is 5.20. The van der Waals surface area contributed by atoms with Gasteiger partial charge in [0.1, 0.15) is 11.3 Å².